The fourth-order valence-electron chi connectivity index (χ4n) is 7.49. The first-order valence-electron chi connectivity index (χ1n) is 23.2. The van der Waals surface area contributed by atoms with Gasteiger partial charge in [-0.05, 0) is 19.3 Å². The number of rotatable bonds is 42. The van der Waals surface area contributed by atoms with Crippen molar-refractivity contribution in [1.82, 2.24) is 5.32 Å². The Morgan fingerprint density at radius 3 is 1.00 bits per heavy atom. The fourth-order valence-corrected chi connectivity index (χ4v) is 7.49. The van der Waals surface area contributed by atoms with Gasteiger partial charge in [-0.2, -0.15) is 0 Å². The molecular formula is C46H91NO5. The second kappa shape index (κ2) is 41.0. The highest BCUT2D eigenvalue weighted by atomic mass is 16.5. The monoisotopic (exact) mass is 738 g/mol. The fraction of sp³-hybridized carbons (Fsp3) is 0.957. The van der Waals surface area contributed by atoms with Crippen LogP contribution in [0.5, 0.6) is 0 Å². The first-order valence-corrected chi connectivity index (χ1v) is 23.2. The van der Waals surface area contributed by atoms with Crippen LogP contribution in [0.3, 0.4) is 0 Å². The summed E-state index contributed by atoms with van der Waals surface area (Å²) in [5, 5.41) is 23.3. The first-order chi connectivity index (χ1) is 25.5. The van der Waals surface area contributed by atoms with Crippen molar-refractivity contribution < 1.29 is 24.5 Å². The lowest BCUT2D eigenvalue weighted by Crippen LogP contribution is -2.50. The van der Waals surface area contributed by atoms with Gasteiger partial charge in [-0.1, -0.05) is 232 Å². The topological polar surface area (TPSA) is 95.9 Å². The van der Waals surface area contributed by atoms with Gasteiger partial charge in [0, 0.05) is 6.92 Å². The number of nitrogens with one attached hydrogen (secondary N) is 1. The summed E-state index contributed by atoms with van der Waals surface area (Å²) in [6.45, 7) is 5.54. The van der Waals surface area contributed by atoms with Crippen molar-refractivity contribution >= 4 is 11.9 Å². The van der Waals surface area contributed by atoms with E-state index in [1.54, 1.807) is 0 Å². The minimum Gasteiger partial charge on any atom is -0.452 e. The van der Waals surface area contributed by atoms with Crippen LogP contribution in [0.25, 0.3) is 0 Å². The van der Waals surface area contributed by atoms with E-state index in [1.807, 2.05) is 0 Å². The number of unbranched alkanes of at least 4 members (excludes halogenated alkanes) is 33. The van der Waals surface area contributed by atoms with Gasteiger partial charge in [0.1, 0.15) is 0 Å². The van der Waals surface area contributed by atoms with Crippen LogP contribution in [-0.2, 0) is 14.3 Å². The lowest BCUT2D eigenvalue weighted by molar-refractivity contribution is -0.155. The molecule has 52 heavy (non-hydrogen) atoms. The van der Waals surface area contributed by atoms with E-state index in [0.717, 1.165) is 38.5 Å². The Hall–Kier alpha value is -1.14. The third-order valence-corrected chi connectivity index (χ3v) is 11.0. The minimum absolute atomic E-state index is 0.336. The molecule has 0 aliphatic rings. The number of aliphatic hydroxyl groups is 2. The number of amides is 1. The SMILES string of the molecule is CCCCCCCCCCCCCCCCCCCCCCCC[C@@H](OC(C)=O)C(=O)N[C@@H](CO)[C@H](O)CCCCCCCCCCCCCCC. The highest BCUT2D eigenvalue weighted by molar-refractivity contribution is 5.83. The number of hydrogen-bond acceptors (Lipinski definition) is 5. The standard InChI is InChI=1S/C46H91NO5/c1-4-6-8-10-12-14-16-18-19-20-21-22-23-24-25-26-28-30-32-34-36-38-40-45(52-42(3)49)46(51)47-43(41-48)44(50)39-37-35-33-31-29-27-17-15-13-11-9-7-5-2/h43-45,48,50H,4-41H2,1-3H3,(H,47,51)/t43-,44+,45+/m0/s1. The van der Waals surface area contributed by atoms with Crippen molar-refractivity contribution in [1.29, 1.82) is 0 Å². The molecule has 0 rings (SSSR count). The predicted molar refractivity (Wildman–Crippen MR) is 223 cm³/mol. The maximum atomic E-state index is 13.0. The zero-order valence-corrected chi connectivity index (χ0v) is 35.2. The Morgan fingerprint density at radius 1 is 0.462 bits per heavy atom. The Bertz CT molecular complexity index is 746. The largest absolute Gasteiger partial charge is 0.452 e. The lowest BCUT2D eigenvalue weighted by atomic mass is 10.0. The van der Waals surface area contributed by atoms with Crippen LogP contribution in [0.4, 0.5) is 0 Å². The molecular weight excluding hydrogens is 647 g/mol. The normalized spacial score (nSPS) is 13.2. The summed E-state index contributed by atoms with van der Waals surface area (Å²) >= 11 is 0. The third-order valence-electron chi connectivity index (χ3n) is 11.0. The minimum atomic E-state index is -0.875. The zero-order chi connectivity index (χ0) is 38.2. The van der Waals surface area contributed by atoms with Gasteiger partial charge >= 0.3 is 5.97 Å². The number of carbonyl (C=O) groups is 2. The van der Waals surface area contributed by atoms with Crippen molar-refractivity contribution in [3.8, 4) is 0 Å². The van der Waals surface area contributed by atoms with Crippen molar-refractivity contribution in [2.45, 2.75) is 277 Å². The van der Waals surface area contributed by atoms with Crippen molar-refractivity contribution in [2.75, 3.05) is 6.61 Å². The number of ether oxygens (including phenoxy) is 1. The summed E-state index contributed by atoms with van der Waals surface area (Å²) in [4.78, 5) is 24.7. The van der Waals surface area contributed by atoms with E-state index >= 15 is 0 Å². The molecule has 3 atom stereocenters. The molecule has 0 bridgehead atoms. The van der Waals surface area contributed by atoms with E-state index < -0.39 is 30.1 Å². The Morgan fingerprint density at radius 2 is 0.731 bits per heavy atom. The molecule has 1 amide bonds. The summed E-state index contributed by atoms with van der Waals surface area (Å²) in [5.74, 6) is -0.894. The molecule has 0 aliphatic heterocycles. The summed E-state index contributed by atoms with van der Waals surface area (Å²) < 4.78 is 5.35. The summed E-state index contributed by atoms with van der Waals surface area (Å²) in [6.07, 6.45) is 45.0. The molecule has 0 aromatic carbocycles. The van der Waals surface area contributed by atoms with Gasteiger partial charge in [0.2, 0.25) is 0 Å². The molecule has 0 spiro atoms. The van der Waals surface area contributed by atoms with Gasteiger partial charge in [-0.15, -0.1) is 0 Å². The van der Waals surface area contributed by atoms with Gasteiger partial charge in [0.15, 0.2) is 6.10 Å². The Balaban J connectivity index is 3.85. The molecule has 0 saturated heterocycles. The van der Waals surface area contributed by atoms with E-state index in [9.17, 15) is 19.8 Å². The number of aliphatic hydroxyl groups excluding tert-OH is 2. The van der Waals surface area contributed by atoms with Crippen LogP contribution in [0, 0.1) is 0 Å². The van der Waals surface area contributed by atoms with Gasteiger partial charge in [0.25, 0.3) is 5.91 Å². The van der Waals surface area contributed by atoms with Crippen molar-refractivity contribution in [2.24, 2.45) is 0 Å². The molecule has 0 aromatic rings. The Kier molecular flexibility index (Phi) is 40.1. The number of hydrogen-bond donors (Lipinski definition) is 3. The average Bonchev–Trinajstić information content (AvgIpc) is 3.13. The van der Waals surface area contributed by atoms with Gasteiger partial charge < -0.3 is 20.3 Å². The van der Waals surface area contributed by atoms with E-state index in [4.69, 9.17) is 4.74 Å². The predicted octanol–water partition coefficient (Wildman–Crippen LogP) is 13.2. The van der Waals surface area contributed by atoms with Crippen LogP contribution >= 0.6 is 0 Å². The van der Waals surface area contributed by atoms with Crippen LogP contribution in [0.15, 0.2) is 0 Å². The molecule has 0 aliphatic carbocycles. The zero-order valence-electron chi connectivity index (χ0n) is 35.2. The first kappa shape index (κ1) is 50.9. The van der Waals surface area contributed by atoms with Crippen LogP contribution in [0.2, 0.25) is 0 Å². The summed E-state index contributed by atoms with van der Waals surface area (Å²) in [6, 6.07) is -0.743. The second-order valence-electron chi connectivity index (χ2n) is 16.2. The molecule has 0 fully saturated rings. The molecule has 3 N–H and O–H groups in total. The van der Waals surface area contributed by atoms with Crippen molar-refractivity contribution in [3.05, 3.63) is 0 Å². The van der Waals surface area contributed by atoms with Crippen LogP contribution < -0.4 is 5.32 Å². The van der Waals surface area contributed by atoms with E-state index in [0.29, 0.717) is 12.8 Å². The Labute approximate surface area is 324 Å². The molecule has 6 nitrogen and oxygen atoms in total. The average molecular weight is 738 g/mol. The highest BCUT2D eigenvalue weighted by Crippen LogP contribution is 2.18. The quantitative estimate of drug-likeness (QED) is 0.0428. The maximum Gasteiger partial charge on any atom is 0.303 e. The van der Waals surface area contributed by atoms with Crippen LogP contribution in [-0.4, -0.2) is 46.9 Å². The molecule has 0 unspecified atom stereocenters. The second-order valence-corrected chi connectivity index (χ2v) is 16.2. The molecule has 310 valence electrons. The summed E-state index contributed by atoms with van der Waals surface area (Å²) in [5.41, 5.74) is 0. The van der Waals surface area contributed by atoms with E-state index in [2.05, 4.69) is 19.2 Å². The van der Waals surface area contributed by atoms with Gasteiger partial charge in [-0.3, -0.25) is 9.59 Å². The van der Waals surface area contributed by atoms with Gasteiger partial charge in [0.05, 0.1) is 18.8 Å². The molecule has 0 radical (unpaired) electrons. The molecule has 0 heterocycles. The molecule has 6 heteroatoms. The smallest absolute Gasteiger partial charge is 0.303 e. The third kappa shape index (κ3) is 35.9. The summed E-state index contributed by atoms with van der Waals surface area (Å²) in [7, 11) is 0. The highest BCUT2D eigenvalue weighted by Gasteiger charge is 2.27. The van der Waals surface area contributed by atoms with E-state index in [-0.39, 0.29) is 6.61 Å². The van der Waals surface area contributed by atoms with Gasteiger partial charge in [-0.25, -0.2) is 0 Å². The van der Waals surface area contributed by atoms with Crippen molar-refractivity contribution in [3.63, 3.8) is 0 Å². The number of esters is 1. The van der Waals surface area contributed by atoms with E-state index in [1.165, 1.54) is 193 Å². The molecule has 0 saturated carbocycles. The number of carbonyl (C=O) groups excluding carboxylic acids is 2. The maximum absolute atomic E-state index is 13.0. The lowest BCUT2D eigenvalue weighted by Gasteiger charge is -2.25. The molecule has 0 aromatic heterocycles. The van der Waals surface area contributed by atoms with Crippen LogP contribution in [0.1, 0.15) is 258 Å².